The molecular formula is C24H21N3OS. The Kier molecular flexibility index (Phi) is 6.07. The molecule has 0 saturated carbocycles. The molecule has 0 aliphatic heterocycles. The molecular weight excluding hydrogens is 378 g/mol. The van der Waals surface area contributed by atoms with Crippen molar-refractivity contribution in [2.75, 3.05) is 0 Å². The number of benzene rings is 2. The Morgan fingerprint density at radius 3 is 2.14 bits per heavy atom. The fourth-order valence-corrected chi connectivity index (χ4v) is 4.09. The van der Waals surface area contributed by atoms with Crippen molar-refractivity contribution in [1.29, 1.82) is 0 Å². The summed E-state index contributed by atoms with van der Waals surface area (Å²) in [5.74, 6) is 0.0429. The fraction of sp³-hybridized carbons (Fsp3) is 0.125. The van der Waals surface area contributed by atoms with Crippen LogP contribution >= 0.6 is 11.3 Å². The van der Waals surface area contributed by atoms with Crippen LogP contribution in [0.4, 0.5) is 0 Å². The highest BCUT2D eigenvalue weighted by atomic mass is 32.1. The van der Waals surface area contributed by atoms with E-state index in [4.69, 9.17) is 0 Å². The van der Waals surface area contributed by atoms with Gasteiger partial charge in [0.1, 0.15) is 5.01 Å². The van der Waals surface area contributed by atoms with Gasteiger partial charge in [-0.3, -0.25) is 9.78 Å². The van der Waals surface area contributed by atoms with Gasteiger partial charge in [-0.05, 0) is 23.3 Å². The summed E-state index contributed by atoms with van der Waals surface area (Å²) >= 11 is 1.57. The third-order valence-electron chi connectivity index (χ3n) is 4.74. The van der Waals surface area contributed by atoms with Crippen molar-refractivity contribution in [3.05, 3.63) is 107 Å². The quantitative estimate of drug-likeness (QED) is 0.473. The Morgan fingerprint density at radius 1 is 0.897 bits per heavy atom. The molecule has 0 unspecified atom stereocenters. The Hall–Kier alpha value is -3.31. The molecule has 1 N–H and O–H groups in total. The van der Waals surface area contributed by atoms with Gasteiger partial charge in [0.15, 0.2) is 0 Å². The first-order chi connectivity index (χ1) is 14.3. The van der Waals surface area contributed by atoms with Gasteiger partial charge in [0.25, 0.3) is 0 Å². The van der Waals surface area contributed by atoms with E-state index < -0.39 is 0 Å². The lowest BCUT2D eigenvalue weighted by molar-refractivity contribution is -0.121. The van der Waals surface area contributed by atoms with Crippen LogP contribution in [0.3, 0.4) is 0 Å². The Balaban J connectivity index is 1.42. The third kappa shape index (κ3) is 4.95. The van der Waals surface area contributed by atoms with E-state index in [1.54, 1.807) is 23.7 Å². The first-order valence-corrected chi connectivity index (χ1v) is 10.4. The van der Waals surface area contributed by atoms with Gasteiger partial charge >= 0.3 is 0 Å². The average molecular weight is 400 g/mol. The Bertz CT molecular complexity index is 1010. The molecule has 4 nitrogen and oxygen atoms in total. The van der Waals surface area contributed by atoms with Gasteiger partial charge in [-0.1, -0.05) is 60.7 Å². The fourth-order valence-electron chi connectivity index (χ4n) is 3.26. The molecule has 0 bridgehead atoms. The lowest BCUT2D eigenvalue weighted by atomic mass is 9.88. The van der Waals surface area contributed by atoms with Gasteiger partial charge in [0, 0.05) is 35.7 Å². The van der Waals surface area contributed by atoms with Gasteiger partial charge in [0.05, 0.1) is 12.2 Å². The highest BCUT2D eigenvalue weighted by molar-refractivity contribution is 7.13. The monoisotopic (exact) mass is 399 g/mol. The summed E-state index contributed by atoms with van der Waals surface area (Å²) in [5, 5.41) is 5.95. The maximum atomic E-state index is 12.7. The number of hydrogen-bond donors (Lipinski definition) is 1. The normalized spacial score (nSPS) is 10.8. The van der Waals surface area contributed by atoms with Crippen LogP contribution in [0.25, 0.3) is 10.6 Å². The number of rotatable bonds is 7. The zero-order valence-electron chi connectivity index (χ0n) is 15.9. The molecule has 0 radical (unpaired) electrons. The van der Waals surface area contributed by atoms with Gasteiger partial charge in [-0.25, -0.2) is 4.98 Å². The van der Waals surface area contributed by atoms with Crippen LogP contribution in [0.5, 0.6) is 0 Å². The second-order valence-electron chi connectivity index (χ2n) is 6.73. The van der Waals surface area contributed by atoms with E-state index in [0.29, 0.717) is 13.0 Å². The molecule has 4 aromatic rings. The number of pyridine rings is 1. The SMILES string of the molecule is O=C(CC(c1ccccc1)c1ccccc1)NCc1csc(-c2ccncc2)n1. The number of amides is 1. The van der Waals surface area contributed by atoms with Crippen molar-refractivity contribution >= 4 is 17.2 Å². The van der Waals surface area contributed by atoms with Crippen molar-refractivity contribution in [2.24, 2.45) is 0 Å². The number of carbonyl (C=O) groups is 1. The zero-order valence-corrected chi connectivity index (χ0v) is 16.7. The van der Waals surface area contributed by atoms with Crippen LogP contribution in [0.15, 0.2) is 90.6 Å². The minimum Gasteiger partial charge on any atom is -0.350 e. The lowest BCUT2D eigenvalue weighted by Gasteiger charge is -2.17. The molecule has 1 amide bonds. The summed E-state index contributed by atoms with van der Waals surface area (Å²) in [5.41, 5.74) is 4.19. The summed E-state index contributed by atoms with van der Waals surface area (Å²) in [7, 11) is 0. The first-order valence-electron chi connectivity index (χ1n) is 9.51. The van der Waals surface area contributed by atoms with Crippen molar-refractivity contribution < 1.29 is 4.79 Å². The highest BCUT2D eigenvalue weighted by Gasteiger charge is 2.18. The van der Waals surface area contributed by atoms with E-state index in [2.05, 4.69) is 39.6 Å². The number of hydrogen-bond acceptors (Lipinski definition) is 4. The third-order valence-corrected chi connectivity index (χ3v) is 5.68. The first kappa shape index (κ1) is 19.0. The van der Waals surface area contributed by atoms with Gasteiger partial charge in [-0.15, -0.1) is 11.3 Å². The van der Waals surface area contributed by atoms with Crippen LogP contribution in [0, 0.1) is 0 Å². The average Bonchev–Trinajstić information content (AvgIpc) is 3.27. The van der Waals surface area contributed by atoms with Crippen LogP contribution in [0.2, 0.25) is 0 Å². The number of aromatic nitrogens is 2. The highest BCUT2D eigenvalue weighted by Crippen LogP contribution is 2.28. The van der Waals surface area contributed by atoms with Gasteiger partial charge in [-0.2, -0.15) is 0 Å². The molecule has 2 aromatic heterocycles. The molecule has 2 aromatic carbocycles. The number of thiazole rings is 1. The Morgan fingerprint density at radius 2 is 1.52 bits per heavy atom. The predicted molar refractivity (Wildman–Crippen MR) is 117 cm³/mol. The van der Waals surface area contributed by atoms with E-state index in [1.165, 1.54) is 0 Å². The van der Waals surface area contributed by atoms with Crippen LogP contribution < -0.4 is 5.32 Å². The molecule has 4 rings (SSSR count). The molecule has 0 spiro atoms. The second kappa shape index (κ2) is 9.26. The molecule has 29 heavy (non-hydrogen) atoms. The van der Waals surface area contributed by atoms with Crippen molar-refractivity contribution in [2.45, 2.75) is 18.9 Å². The van der Waals surface area contributed by atoms with E-state index in [1.807, 2.05) is 53.9 Å². The molecule has 5 heteroatoms. The molecule has 2 heterocycles. The minimum atomic E-state index is 0.0150. The molecule has 144 valence electrons. The molecule has 0 aliphatic rings. The Labute approximate surface area is 174 Å². The van der Waals surface area contributed by atoms with E-state index >= 15 is 0 Å². The van der Waals surface area contributed by atoms with E-state index in [-0.39, 0.29) is 11.8 Å². The molecule has 0 fully saturated rings. The molecule has 0 aliphatic carbocycles. The maximum Gasteiger partial charge on any atom is 0.221 e. The van der Waals surface area contributed by atoms with Gasteiger partial charge < -0.3 is 5.32 Å². The summed E-state index contributed by atoms with van der Waals surface area (Å²) in [4.78, 5) is 21.4. The van der Waals surface area contributed by atoms with Crippen LogP contribution in [0.1, 0.15) is 29.2 Å². The van der Waals surface area contributed by atoms with Crippen molar-refractivity contribution in [1.82, 2.24) is 15.3 Å². The van der Waals surface area contributed by atoms with Crippen LogP contribution in [-0.4, -0.2) is 15.9 Å². The smallest absolute Gasteiger partial charge is 0.221 e. The summed E-state index contributed by atoms with van der Waals surface area (Å²) < 4.78 is 0. The predicted octanol–water partition coefficient (Wildman–Crippen LogP) is 5.04. The van der Waals surface area contributed by atoms with E-state index in [0.717, 1.165) is 27.4 Å². The number of carbonyl (C=O) groups excluding carboxylic acids is 1. The minimum absolute atomic E-state index is 0.0150. The number of nitrogens with zero attached hydrogens (tertiary/aromatic N) is 2. The van der Waals surface area contributed by atoms with Crippen LogP contribution in [-0.2, 0) is 11.3 Å². The number of nitrogens with one attached hydrogen (secondary N) is 1. The lowest BCUT2D eigenvalue weighted by Crippen LogP contribution is -2.25. The van der Waals surface area contributed by atoms with Crippen molar-refractivity contribution in [3.63, 3.8) is 0 Å². The van der Waals surface area contributed by atoms with Crippen molar-refractivity contribution in [3.8, 4) is 10.6 Å². The summed E-state index contributed by atoms with van der Waals surface area (Å²) in [6, 6.07) is 24.2. The molecule has 0 saturated heterocycles. The largest absolute Gasteiger partial charge is 0.350 e. The standard InChI is InChI=1S/C24H21N3OS/c28-23(26-16-21-17-29-24(27-21)20-11-13-25-14-12-20)15-22(18-7-3-1-4-8-18)19-9-5-2-6-10-19/h1-14,17,22H,15-16H2,(H,26,28). The topological polar surface area (TPSA) is 54.9 Å². The summed E-state index contributed by atoms with van der Waals surface area (Å²) in [6.45, 7) is 0.427. The molecule has 0 atom stereocenters. The summed E-state index contributed by atoms with van der Waals surface area (Å²) in [6.07, 6.45) is 3.91. The maximum absolute atomic E-state index is 12.7. The van der Waals surface area contributed by atoms with Gasteiger partial charge in [0.2, 0.25) is 5.91 Å². The zero-order chi connectivity index (χ0) is 19.9. The van der Waals surface area contributed by atoms with E-state index in [9.17, 15) is 4.79 Å². The second-order valence-corrected chi connectivity index (χ2v) is 7.59.